The van der Waals surface area contributed by atoms with Gasteiger partial charge in [0.1, 0.15) is 5.82 Å². The Kier molecular flexibility index (Phi) is 5.83. The summed E-state index contributed by atoms with van der Waals surface area (Å²) in [5.74, 6) is 1.99. The fourth-order valence-corrected chi connectivity index (χ4v) is 7.86. The first-order chi connectivity index (χ1) is 16.0. The molecule has 2 aliphatic carbocycles. The second-order valence-electron chi connectivity index (χ2n) is 11.5. The number of fused-ring (bicyclic) bond motifs is 3. The maximum atomic E-state index is 13.1. The minimum Gasteiger partial charge on any atom is -0.353 e. The Morgan fingerprint density at radius 3 is 2.47 bits per heavy atom. The summed E-state index contributed by atoms with van der Waals surface area (Å²) in [7, 11) is -3.16. The summed E-state index contributed by atoms with van der Waals surface area (Å²) in [5.41, 5.74) is 2.43. The van der Waals surface area contributed by atoms with Crippen molar-refractivity contribution >= 4 is 27.0 Å². The third kappa shape index (κ3) is 3.87. The quantitative estimate of drug-likeness (QED) is 0.671. The Balaban J connectivity index is 1.30. The van der Waals surface area contributed by atoms with Crippen LogP contribution in [0.15, 0.2) is 24.3 Å². The first-order valence-corrected chi connectivity index (χ1v) is 14.6. The molecule has 7 nitrogen and oxygen atoms in total. The Labute approximate surface area is 203 Å². The van der Waals surface area contributed by atoms with Crippen molar-refractivity contribution in [2.45, 2.75) is 77.8 Å². The molecular weight excluding hydrogens is 448 g/mol. The fourth-order valence-electron chi connectivity index (χ4n) is 6.99. The van der Waals surface area contributed by atoms with Gasteiger partial charge >= 0.3 is 0 Å². The molecule has 1 aromatic heterocycles. The van der Waals surface area contributed by atoms with E-state index in [1.165, 1.54) is 19.1 Å². The van der Waals surface area contributed by atoms with E-state index in [9.17, 15) is 13.2 Å². The molecule has 1 aromatic carbocycles. The fraction of sp³-hybridized carbons (Fsp3) is 0.692. The van der Waals surface area contributed by atoms with Crippen LogP contribution in [0.25, 0.3) is 11.0 Å². The predicted octanol–water partition coefficient (Wildman–Crippen LogP) is 3.90. The number of sulfonamides is 1. The summed E-state index contributed by atoms with van der Waals surface area (Å²) in [6.45, 7) is 8.72. The monoisotopic (exact) mass is 486 g/mol. The van der Waals surface area contributed by atoms with Crippen molar-refractivity contribution in [1.82, 2.24) is 19.2 Å². The molecule has 1 unspecified atom stereocenters. The van der Waals surface area contributed by atoms with Gasteiger partial charge in [-0.2, -0.15) is 0 Å². The predicted molar refractivity (Wildman–Crippen MR) is 134 cm³/mol. The minimum absolute atomic E-state index is 0.116. The number of piperidine rings is 1. The van der Waals surface area contributed by atoms with Crippen LogP contribution in [-0.4, -0.2) is 53.6 Å². The molecule has 8 heteroatoms. The molecule has 2 saturated carbocycles. The van der Waals surface area contributed by atoms with E-state index in [2.05, 4.69) is 36.7 Å². The van der Waals surface area contributed by atoms with Crippen molar-refractivity contribution in [3.63, 3.8) is 0 Å². The SMILES string of the molecule is CC1(C)C2CC[C@]1(C)[C@@H](NC(=O)CCn1c(C3CCN(S(C)(=O)=O)CC3)nc3ccccc31)C2. The second-order valence-corrected chi connectivity index (χ2v) is 13.5. The zero-order valence-electron chi connectivity index (χ0n) is 20.9. The molecule has 2 aromatic rings. The number of carbonyl (C=O) groups excluding carboxylic acids is 1. The maximum absolute atomic E-state index is 13.1. The van der Waals surface area contributed by atoms with Crippen LogP contribution in [-0.2, 0) is 21.4 Å². The van der Waals surface area contributed by atoms with E-state index in [-0.39, 0.29) is 28.7 Å². The molecule has 0 radical (unpaired) electrons. The molecule has 3 atom stereocenters. The van der Waals surface area contributed by atoms with Gasteiger partial charge in [0.15, 0.2) is 0 Å². The number of nitrogens with one attached hydrogen (secondary N) is 1. The number of amides is 1. The lowest BCUT2D eigenvalue weighted by molar-refractivity contribution is -0.123. The summed E-state index contributed by atoms with van der Waals surface area (Å²) in [4.78, 5) is 18.0. The van der Waals surface area contributed by atoms with E-state index in [0.29, 0.717) is 32.0 Å². The number of rotatable bonds is 6. The summed E-state index contributed by atoms with van der Waals surface area (Å²) < 4.78 is 27.6. The van der Waals surface area contributed by atoms with E-state index in [1.54, 1.807) is 4.31 Å². The Morgan fingerprint density at radius 2 is 1.85 bits per heavy atom. The van der Waals surface area contributed by atoms with Crippen LogP contribution in [0.1, 0.15) is 71.0 Å². The molecule has 1 N–H and O–H groups in total. The number of nitrogens with zero attached hydrogens (tertiary/aromatic N) is 3. The van der Waals surface area contributed by atoms with Crippen LogP contribution in [0.3, 0.4) is 0 Å². The van der Waals surface area contributed by atoms with Crippen molar-refractivity contribution in [2.75, 3.05) is 19.3 Å². The molecule has 34 heavy (non-hydrogen) atoms. The molecule has 2 bridgehead atoms. The van der Waals surface area contributed by atoms with Crippen LogP contribution in [0.2, 0.25) is 0 Å². The van der Waals surface area contributed by atoms with Crippen LogP contribution in [0.4, 0.5) is 0 Å². The molecular formula is C26H38N4O3S. The minimum atomic E-state index is -3.16. The van der Waals surface area contributed by atoms with E-state index >= 15 is 0 Å². The lowest BCUT2D eigenvalue weighted by Gasteiger charge is -2.39. The zero-order chi connectivity index (χ0) is 24.3. The van der Waals surface area contributed by atoms with Gasteiger partial charge in [-0.15, -0.1) is 0 Å². The zero-order valence-corrected chi connectivity index (χ0v) is 21.7. The normalized spacial score (nSPS) is 29.6. The highest BCUT2D eigenvalue weighted by Crippen LogP contribution is 2.65. The second kappa shape index (κ2) is 8.33. The average Bonchev–Trinajstić information content (AvgIpc) is 3.33. The number of benzene rings is 1. The highest BCUT2D eigenvalue weighted by atomic mass is 32.2. The number of aromatic nitrogens is 2. The average molecular weight is 487 g/mol. The molecule has 1 amide bonds. The molecule has 3 aliphatic rings. The maximum Gasteiger partial charge on any atom is 0.222 e. The first-order valence-electron chi connectivity index (χ1n) is 12.7. The third-order valence-electron chi connectivity index (χ3n) is 9.66. The van der Waals surface area contributed by atoms with Crippen molar-refractivity contribution in [3.8, 4) is 0 Å². The van der Waals surface area contributed by atoms with Gasteiger partial charge < -0.3 is 9.88 Å². The molecule has 3 fully saturated rings. The molecule has 1 saturated heterocycles. The summed E-state index contributed by atoms with van der Waals surface area (Å²) in [6.07, 6.45) is 6.76. The number of imidazole rings is 1. The Bertz CT molecular complexity index is 1200. The first kappa shape index (κ1) is 23.8. The topological polar surface area (TPSA) is 84.3 Å². The van der Waals surface area contributed by atoms with Crippen LogP contribution >= 0.6 is 0 Å². The number of carbonyl (C=O) groups is 1. The van der Waals surface area contributed by atoms with E-state index in [0.717, 1.165) is 36.1 Å². The lowest BCUT2D eigenvalue weighted by atomic mass is 9.69. The van der Waals surface area contributed by atoms with Crippen molar-refractivity contribution in [2.24, 2.45) is 16.7 Å². The third-order valence-corrected chi connectivity index (χ3v) is 11.0. The van der Waals surface area contributed by atoms with Gasteiger partial charge in [0, 0.05) is 38.0 Å². The highest BCUT2D eigenvalue weighted by Gasteiger charge is 2.61. The van der Waals surface area contributed by atoms with Crippen LogP contribution < -0.4 is 5.32 Å². The molecule has 186 valence electrons. The largest absolute Gasteiger partial charge is 0.353 e. The van der Waals surface area contributed by atoms with Gasteiger partial charge in [-0.25, -0.2) is 17.7 Å². The lowest BCUT2D eigenvalue weighted by Crippen LogP contribution is -2.47. The summed E-state index contributed by atoms with van der Waals surface area (Å²) in [6, 6.07) is 8.33. The van der Waals surface area contributed by atoms with E-state index in [4.69, 9.17) is 4.98 Å². The smallest absolute Gasteiger partial charge is 0.222 e. The van der Waals surface area contributed by atoms with Crippen molar-refractivity contribution in [1.29, 1.82) is 0 Å². The van der Waals surface area contributed by atoms with Gasteiger partial charge in [-0.05, 0) is 61.0 Å². The van der Waals surface area contributed by atoms with Gasteiger partial charge in [0.25, 0.3) is 0 Å². The summed E-state index contributed by atoms with van der Waals surface area (Å²) in [5, 5.41) is 3.39. The number of hydrogen-bond donors (Lipinski definition) is 1. The highest BCUT2D eigenvalue weighted by molar-refractivity contribution is 7.88. The molecule has 2 heterocycles. The van der Waals surface area contributed by atoms with Gasteiger partial charge in [-0.1, -0.05) is 32.9 Å². The standard InChI is InChI=1S/C26H38N4O3S/c1-25(2)19-9-13-26(25,3)22(17-19)28-23(31)12-16-30-21-8-6-5-7-20(21)27-24(30)18-10-14-29(15-11-18)34(4,32)33/h5-8,18-19,22H,9-17H2,1-4H3,(H,28,31)/t19?,22-,26+/m0/s1. The van der Waals surface area contributed by atoms with Crippen LogP contribution in [0.5, 0.6) is 0 Å². The number of aryl methyl sites for hydroxylation is 1. The van der Waals surface area contributed by atoms with Gasteiger partial charge in [0.05, 0.1) is 17.3 Å². The Hall–Kier alpha value is -1.93. The van der Waals surface area contributed by atoms with Gasteiger partial charge in [-0.3, -0.25) is 4.79 Å². The van der Waals surface area contributed by atoms with Gasteiger partial charge in [0.2, 0.25) is 15.9 Å². The Morgan fingerprint density at radius 1 is 1.15 bits per heavy atom. The van der Waals surface area contributed by atoms with Crippen molar-refractivity contribution < 1.29 is 13.2 Å². The molecule has 0 spiro atoms. The number of para-hydroxylation sites is 2. The molecule has 1 aliphatic heterocycles. The molecule has 5 rings (SSSR count). The number of hydrogen-bond acceptors (Lipinski definition) is 4. The van der Waals surface area contributed by atoms with E-state index in [1.807, 2.05) is 18.2 Å². The van der Waals surface area contributed by atoms with Crippen LogP contribution in [0, 0.1) is 16.7 Å². The summed E-state index contributed by atoms with van der Waals surface area (Å²) >= 11 is 0. The van der Waals surface area contributed by atoms with E-state index < -0.39 is 10.0 Å². The van der Waals surface area contributed by atoms with Crippen molar-refractivity contribution in [3.05, 3.63) is 30.1 Å².